The lowest BCUT2D eigenvalue weighted by molar-refractivity contribution is -0.116. The van der Waals surface area contributed by atoms with Gasteiger partial charge in [0.1, 0.15) is 0 Å². The summed E-state index contributed by atoms with van der Waals surface area (Å²) in [6.07, 6.45) is 10.8. The van der Waals surface area contributed by atoms with Gasteiger partial charge in [0.2, 0.25) is 11.8 Å². The van der Waals surface area contributed by atoms with E-state index in [4.69, 9.17) is 4.74 Å². The summed E-state index contributed by atoms with van der Waals surface area (Å²) in [6, 6.07) is 7.32. The number of amides is 2. The molecule has 0 radical (unpaired) electrons. The Morgan fingerprint density at radius 1 is 1.16 bits per heavy atom. The molecule has 0 aromatic heterocycles. The van der Waals surface area contributed by atoms with E-state index < -0.39 is 0 Å². The zero-order chi connectivity index (χ0) is 17.9. The predicted molar refractivity (Wildman–Crippen MR) is 100 cm³/mol. The van der Waals surface area contributed by atoms with Gasteiger partial charge in [-0.3, -0.25) is 9.59 Å². The van der Waals surface area contributed by atoms with E-state index >= 15 is 0 Å². The Labute approximate surface area is 149 Å². The number of benzene rings is 1. The molecule has 1 saturated carbocycles. The number of carbonyl (C=O) groups is 2. The summed E-state index contributed by atoms with van der Waals surface area (Å²) in [4.78, 5) is 22.8. The van der Waals surface area contributed by atoms with E-state index in [0.29, 0.717) is 19.3 Å². The van der Waals surface area contributed by atoms with Crippen molar-refractivity contribution in [3.63, 3.8) is 0 Å². The average Bonchev–Trinajstić information content (AvgIpc) is 2.61. The average molecular weight is 344 g/mol. The van der Waals surface area contributed by atoms with E-state index in [0.717, 1.165) is 17.7 Å². The maximum absolute atomic E-state index is 11.8. The van der Waals surface area contributed by atoms with Crippen LogP contribution in [0.4, 0.5) is 5.69 Å². The topological polar surface area (TPSA) is 67.4 Å². The molecular formula is C20H28N2O3. The Morgan fingerprint density at radius 2 is 1.88 bits per heavy atom. The van der Waals surface area contributed by atoms with Crippen molar-refractivity contribution in [2.75, 3.05) is 18.5 Å². The van der Waals surface area contributed by atoms with E-state index in [1.807, 2.05) is 24.3 Å². The Hall–Kier alpha value is -2.14. The van der Waals surface area contributed by atoms with Crippen LogP contribution >= 0.6 is 0 Å². The molecule has 0 unspecified atom stereocenters. The number of rotatable bonds is 8. The van der Waals surface area contributed by atoms with E-state index in [2.05, 4.69) is 10.6 Å². The highest BCUT2D eigenvalue weighted by Gasteiger charge is 2.12. The first-order valence-corrected chi connectivity index (χ1v) is 9.08. The van der Waals surface area contributed by atoms with Crippen molar-refractivity contribution >= 4 is 23.6 Å². The second kappa shape index (κ2) is 10.7. The summed E-state index contributed by atoms with van der Waals surface area (Å²) in [5.41, 5.74) is 1.65. The van der Waals surface area contributed by atoms with Crippen molar-refractivity contribution in [2.45, 2.75) is 51.6 Å². The smallest absolute Gasteiger partial charge is 0.244 e. The van der Waals surface area contributed by atoms with Gasteiger partial charge in [-0.05, 0) is 43.0 Å². The van der Waals surface area contributed by atoms with Gasteiger partial charge in [-0.2, -0.15) is 0 Å². The molecule has 136 valence electrons. The molecule has 1 aliphatic rings. The molecule has 1 aromatic rings. The lowest BCUT2D eigenvalue weighted by Gasteiger charge is -2.21. The van der Waals surface area contributed by atoms with Gasteiger partial charge in [0.15, 0.2) is 0 Å². The van der Waals surface area contributed by atoms with Gasteiger partial charge in [0.05, 0.1) is 6.10 Å². The van der Waals surface area contributed by atoms with E-state index in [1.165, 1.54) is 45.1 Å². The molecule has 2 N–H and O–H groups in total. The second-order valence-corrected chi connectivity index (χ2v) is 6.41. The maximum Gasteiger partial charge on any atom is 0.244 e. The highest BCUT2D eigenvalue weighted by molar-refractivity contribution is 5.92. The van der Waals surface area contributed by atoms with Crippen molar-refractivity contribution in [3.8, 4) is 0 Å². The highest BCUT2D eigenvalue weighted by Crippen LogP contribution is 2.20. The van der Waals surface area contributed by atoms with Gasteiger partial charge >= 0.3 is 0 Å². The molecule has 2 rings (SSSR count). The van der Waals surface area contributed by atoms with Crippen molar-refractivity contribution in [1.82, 2.24) is 5.32 Å². The fourth-order valence-electron chi connectivity index (χ4n) is 2.88. The number of hydrogen-bond donors (Lipinski definition) is 2. The third kappa shape index (κ3) is 7.98. The standard InChI is InChI=1S/C20H28N2O3/c1-16(23)22-18-11-8-17(9-12-18)10-13-20(24)21-14-5-15-25-19-6-3-2-4-7-19/h8-13,19H,2-7,14-15H2,1H3,(H,21,24)(H,22,23)/b13-10+. The van der Waals surface area contributed by atoms with Crippen LogP contribution in [0.25, 0.3) is 6.08 Å². The predicted octanol–water partition coefficient (Wildman–Crippen LogP) is 3.51. The fraction of sp³-hybridized carbons (Fsp3) is 0.500. The Bertz CT molecular complexity index is 575. The molecule has 0 spiro atoms. The van der Waals surface area contributed by atoms with Gasteiger partial charge in [0, 0.05) is 31.8 Å². The summed E-state index contributed by atoms with van der Waals surface area (Å²) in [5.74, 6) is -0.209. The first kappa shape index (κ1) is 19.2. The molecule has 1 aliphatic carbocycles. The summed E-state index contributed by atoms with van der Waals surface area (Å²) in [6.45, 7) is 2.80. The van der Waals surface area contributed by atoms with Crippen LogP contribution in [0.2, 0.25) is 0 Å². The molecular weight excluding hydrogens is 316 g/mol. The van der Waals surface area contributed by atoms with Crippen LogP contribution in [0.1, 0.15) is 51.0 Å². The minimum Gasteiger partial charge on any atom is -0.378 e. The Balaban J connectivity index is 1.60. The quantitative estimate of drug-likeness (QED) is 0.560. The fourth-order valence-corrected chi connectivity index (χ4v) is 2.88. The van der Waals surface area contributed by atoms with Crippen LogP contribution in [0.15, 0.2) is 30.3 Å². The summed E-state index contributed by atoms with van der Waals surface area (Å²) in [5, 5.41) is 5.57. The SMILES string of the molecule is CC(=O)Nc1ccc(/C=C/C(=O)NCCCOC2CCCCC2)cc1. The minimum atomic E-state index is -0.108. The van der Waals surface area contributed by atoms with E-state index in [1.54, 1.807) is 6.08 Å². The zero-order valence-electron chi connectivity index (χ0n) is 14.9. The molecule has 25 heavy (non-hydrogen) atoms. The van der Waals surface area contributed by atoms with Crippen LogP contribution in [0.5, 0.6) is 0 Å². The maximum atomic E-state index is 11.8. The van der Waals surface area contributed by atoms with Gasteiger partial charge in [-0.1, -0.05) is 31.4 Å². The minimum absolute atomic E-state index is 0.102. The summed E-state index contributed by atoms with van der Waals surface area (Å²) in [7, 11) is 0. The Morgan fingerprint density at radius 3 is 2.56 bits per heavy atom. The molecule has 0 atom stereocenters. The normalized spacial score (nSPS) is 15.2. The number of nitrogens with one attached hydrogen (secondary N) is 2. The molecule has 0 heterocycles. The zero-order valence-corrected chi connectivity index (χ0v) is 14.9. The Kier molecular flexibility index (Phi) is 8.19. The molecule has 1 aromatic carbocycles. The largest absolute Gasteiger partial charge is 0.378 e. The highest BCUT2D eigenvalue weighted by atomic mass is 16.5. The van der Waals surface area contributed by atoms with Crippen molar-refractivity contribution in [2.24, 2.45) is 0 Å². The van der Waals surface area contributed by atoms with Gasteiger partial charge in [-0.25, -0.2) is 0 Å². The first-order chi connectivity index (χ1) is 12.1. The summed E-state index contributed by atoms with van der Waals surface area (Å²) < 4.78 is 5.83. The third-order valence-corrected chi connectivity index (χ3v) is 4.18. The van der Waals surface area contributed by atoms with E-state index in [9.17, 15) is 9.59 Å². The third-order valence-electron chi connectivity index (χ3n) is 4.18. The van der Waals surface area contributed by atoms with Crippen LogP contribution in [0, 0.1) is 0 Å². The van der Waals surface area contributed by atoms with Crippen molar-refractivity contribution < 1.29 is 14.3 Å². The number of carbonyl (C=O) groups excluding carboxylic acids is 2. The molecule has 1 fully saturated rings. The van der Waals surface area contributed by atoms with Crippen LogP contribution < -0.4 is 10.6 Å². The lowest BCUT2D eigenvalue weighted by atomic mass is 9.98. The van der Waals surface area contributed by atoms with Crippen LogP contribution in [0.3, 0.4) is 0 Å². The molecule has 5 heteroatoms. The lowest BCUT2D eigenvalue weighted by Crippen LogP contribution is -2.24. The molecule has 0 bridgehead atoms. The van der Waals surface area contributed by atoms with Crippen LogP contribution in [-0.2, 0) is 14.3 Å². The van der Waals surface area contributed by atoms with Crippen molar-refractivity contribution in [3.05, 3.63) is 35.9 Å². The molecule has 2 amide bonds. The summed E-state index contributed by atoms with van der Waals surface area (Å²) >= 11 is 0. The van der Waals surface area contributed by atoms with Gasteiger partial charge < -0.3 is 15.4 Å². The monoisotopic (exact) mass is 344 g/mol. The second-order valence-electron chi connectivity index (χ2n) is 6.41. The van der Waals surface area contributed by atoms with Gasteiger partial charge in [-0.15, -0.1) is 0 Å². The molecule has 0 saturated heterocycles. The van der Waals surface area contributed by atoms with E-state index in [-0.39, 0.29) is 11.8 Å². The number of anilines is 1. The molecule has 5 nitrogen and oxygen atoms in total. The molecule has 0 aliphatic heterocycles. The van der Waals surface area contributed by atoms with Crippen LogP contribution in [-0.4, -0.2) is 31.1 Å². The first-order valence-electron chi connectivity index (χ1n) is 9.08. The number of ether oxygens (including phenoxy) is 1. The van der Waals surface area contributed by atoms with Crippen molar-refractivity contribution in [1.29, 1.82) is 0 Å². The number of hydrogen-bond acceptors (Lipinski definition) is 3. The van der Waals surface area contributed by atoms with Gasteiger partial charge in [0.25, 0.3) is 0 Å².